The van der Waals surface area contributed by atoms with Crippen molar-refractivity contribution < 1.29 is 24.5 Å². The van der Waals surface area contributed by atoms with Crippen LogP contribution in [0.15, 0.2) is 24.3 Å². The highest BCUT2D eigenvalue weighted by Gasteiger charge is 2.20. The van der Waals surface area contributed by atoms with Crippen molar-refractivity contribution in [2.75, 3.05) is 13.2 Å². The van der Waals surface area contributed by atoms with Crippen LogP contribution in [-0.2, 0) is 14.3 Å². The van der Waals surface area contributed by atoms with Gasteiger partial charge in [-0.3, -0.25) is 9.59 Å². The van der Waals surface area contributed by atoms with Gasteiger partial charge in [-0.05, 0) is 70.6 Å². The smallest absolute Gasteiger partial charge is 0.305 e. The average Bonchev–Trinajstić information content (AvgIpc) is 3.77. The minimum absolute atomic E-state index is 0.0122. The molecular formula is C86H167NO5. The molecule has 0 aromatic rings. The Morgan fingerprint density at radius 2 is 0.522 bits per heavy atom. The van der Waals surface area contributed by atoms with Crippen LogP contribution in [0.4, 0.5) is 0 Å². The molecule has 0 aliphatic heterocycles. The number of carbonyl (C=O) groups excluding carboxylic acids is 2. The fourth-order valence-corrected chi connectivity index (χ4v) is 13.7. The number of aliphatic hydroxyl groups excluding tert-OH is 2. The standard InChI is InChI=1S/C86H167NO5/c1-3-5-7-9-11-13-15-16-17-18-19-20-21-37-40-43-46-49-52-55-59-62-66-70-74-78-84(89)83(82-88)87-85(90)79-75-71-67-63-60-56-53-50-47-44-41-38-35-33-31-29-27-25-23-22-24-26-28-30-32-34-36-39-42-45-48-51-54-57-61-65-69-73-77-81-92-86(91)80-76-72-68-64-58-14-12-10-8-6-4-2/h10,12,22-23,83-84,88-89H,3-9,11,13-21,24-82H2,1-2H3,(H,87,90)/b12-10-,23-22-. The van der Waals surface area contributed by atoms with Crippen LogP contribution in [0.25, 0.3) is 0 Å². The van der Waals surface area contributed by atoms with E-state index in [2.05, 4.69) is 43.5 Å². The molecule has 3 N–H and O–H groups in total. The second-order valence-corrected chi connectivity index (χ2v) is 29.5. The second kappa shape index (κ2) is 81.8. The van der Waals surface area contributed by atoms with E-state index in [1.165, 1.54) is 411 Å². The van der Waals surface area contributed by atoms with Crippen molar-refractivity contribution in [2.24, 2.45) is 0 Å². The minimum Gasteiger partial charge on any atom is -0.466 e. The van der Waals surface area contributed by atoms with Crippen LogP contribution < -0.4 is 5.32 Å². The van der Waals surface area contributed by atoms with Crippen LogP contribution in [0.5, 0.6) is 0 Å². The highest BCUT2D eigenvalue weighted by atomic mass is 16.5. The van der Waals surface area contributed by atoms with E-state index >= 15 is 0 Å². The van der Waals surface area contributed by atoms with Crippen molar-refractivity contribution >= 4 is 11.9 Å². The molecule has 6 nitrogen and oxygen atoms in total. The summed E-state index contributed by atoms with van der Waals surface area (Å²) in [5.74, 6) is -0.0120. The molecule has 0 radical (unpaired) electrons. The quantitative estimate of drug-likeness (QED) is 0.0320. The van der Waals surface area contributed by atoms with E-state index in [9.17, 15) is 19.8 Å². The van der Waals surface area contributed by atoms with Gasteiger partial charge >= 0.3 is 5.97 Å². The van der Waals surface area contributed by atoms with E-state index < -0.39 is 12.1 Å². The maximum absolute atomic E-state index is 12.6. The van der Waals surface area contributed by atoms with Crippen molar-refractivity contribution in [3.63, 3.8) is 0 Å². The number of hydrogen-bond donors (Lipinski definition) is 3. The second-order valence-electron chi connectivity index (χ2n) is 29.5. The Bertz CT molecular complexity index is 1450. The van der Waals surface area contributed by atoms with Crippen molar-refractivity contribution in [2.45, 2.75) is 501 Å². The molecule has 92 heavy (non-hydrogen) atoms. The summed E-state index contributed by atoms with van der Waals surface area (Å²) in [6, 6.07) is -0.539. The molecule has 0 saturated heterocycles. The first-order chi connectivity index (χ1) is 45.5. The minimum atomic E-state index is -0.663. The van der Waals surface area contributed by atoms with E-state index in [1.807, 2.05) is 0 Å². The molecule has 1 amide bonds. The Morgan fingerprint density at radius 3 is 0.804 bits per heavy atom. The van der Waals surface area contributed by atoms with Crippen LogP contribution in [0, 0.1) is 0 Å². The van der Waals surface area contributed by atoms with Crippen LogP contribution in [0.3, 0.4) is 0 Å². The number of hydrogen-bond acceptors (Lipinski definition) is 5. The van der Waals surface area contributed by atoms with Crippen molar-refractivity contribution in [3.05, 3.63) is 24.3 Å². The van der Waals surface area contributed by atoms with Gasteiger partial charge in [0.25, 0.3) is 0 Å². The third kappa shape index (κ3) is 77.3. The maximum Gasteiger partial charge on any atom is 0.305 e. The van der Waals surface area contributed by atoms with E-state index in [1.54, 1.807) is 0 Å². The molecule has 0 aliphatic carbocycles. The van der Waals surface area contributed by atoms with Gasteiger partial charge in [0, 0.05) is 12.8 Å². The van der Waals surface area contributed by atoms with E-state index in [0.717, 1.165) is 44.9 Å². The number of allylic oxidation sites excluding steroid dienone is 4. The van der Waals surface area contributed by atoms with Gasteiger partial charge in [0.05, 0.1) is 25.4 Å². The summed E-state index contributed by atoms with van der Waals surface area (Å²) in [6.07, 6.45) is 106. The lowest BCUT2D eigenvalue weighted by Gasteiger charge is -2.22. The van der Waals surface area contributed by atoms with Gasteiger partial charge in [-0.25, -0.2) is 0 Å². The molecule has 546 valence electrons. The summed E-state index contributed by atoms with van der Waals surface area (Å²) < 4.78 is 5.48. The lowest BCUT2D eigenvalue weighted by Crippen LogP contribution is -2.45. The predicted octanol–water partition coefficient (Wildman–Crippen LogP) is 28.4. The fourth-order valence-electron chi connectivity index (χ4n) is 13.7. The number of nitrogens with one attached hydrogen (secondary N) is 1. The van der Waals surface area contributed by atoms with Gasteiger partial charge in [0.2, 0.25) is 5.91 Å². The Kier molecular flexibility index (Phi) is 80.3. The molecule has 0 spiro atoms. The van der Waals surface area contributed by atoms with Crippen molar-refractivity contribution in [3.8, 4) is 0 Å². The maximum atomic E-state index is 12.6. The molecule has 6 heteroatoms. The lowest BCUT2D eigenvalue weighted by molar-refractivity contribution is -0.143. The van der Waals surface area contributed by atoms with Crippen LogP contribution in [0.1, 0.15) is 489 Å². The zero-order valence-corrected chi connectivity index (χ0v) is 62.8. The molecule has 0 aromatic carbocycles. The summed E-state index contributed by atoms with van der Waals surface area (Å²) in [5.41, 5.74) is 0. The van der Waals surface area contributed by atoms with Crippen LogP contribution in [0.2, 0.25) is 0 Å². The summed E-state index contributed by atoms with van der Waals surface area (Å²) >= 11 is 0. The largest absolute Gasteiger partial charge is 0.466 e. The number of carbonyl (C=O) groups is 2. The van der Waals surface area contributed by atoms with Gasteiger partial charge in [0.15, 0.2) is 0 Å². The normalized spacial score (nSPS) is 12.5. The zero-order valence-electron chi connectivity index (χ0n) is 62.8. The molecule has 0 aromatic heterocycles. The SMILES string of the molecule is CCCC/C=C\CCCCCCCC(=O)OCCCCCCCCCCCCCCCCCCCC/C=C\CCCCCCCCCCCCCCCCCCCC(=O)NC(CO)C(O)CCCCCCCCCCCCCCCCCCCCCCCCCCC. The van der Waals surface area contributed by atoms with Crippen LogP contribution >= 0.6 is 0 Å². The molecule has 0 aliphatic rings. The summed E-state index contributed by atoms with van der Waals surface area (Å²) in [4.78, 5) is 24.6. The highest BCUT2D eigenvalue weighted by molar-refractivity contribution is 5.76. The van der Waals surface area contributed by atoms with E-state index in [-0.39, 0.29) is 18.5 Å². The first-order valence-electron chi connectivity index (χ1n) is 42.6. The molecule has 0 rings (SSSR count). The van der Waals surface area contributed by atoms with Gasteiger partial charge in [-0.1, -0.05) is 430 Å². The third-order valence-corrected chi connectivity index (χ3v) is 20.2. The third-order valence-electron chi connectivity index (χ3n) is 20.2. The summed E-state index contributed by atoms with van der Waals surface area (Å²) in [5, 5.41) is 23.5. The topological polar surface area (TPSA) is 95.9 Å². The first kappa shape index (κ1) is 90.3. The summed E-state index contributed by atoms with van der Waals surface area (Å²) in [6.45, 7) is 4.97. The first-order valence-corrected chi connectivity index (χ1v) is 42.6. The van der Waals surface area contributed by atoms with Gasteiger partial charge in [-0.2, -0.15) is 0 Å². The lowest BCUT2D eigenvalue weighted by atomic mass is 10.0. The zero-order chi connectivity index (χ0) is 66.3. The Labute approximate surface area is 577 Å². The Hall–Kier alpha value is -1.66. The molecule has 0 bridgehead atoms. The number of rotatable bonds is 81. The highest BCUT2D eigenvalue weighted by Crippen LogP contribution is 2.21. The molecular weight excluding hydrogens is 1130 g/mol. The fraction of sp³-hybridized carbons (Fsp3) is 0.930. The van der Waals surface area contributed by atoms with Crippen molar-refractivity contribution in [1.29, 1.82) is 0 Å². The number of ether oxygens (including phenoxy) is 1. The molecule has 2 unspecified atom stereocenters. The monoisotopic (exact) mass is 1290 g/mol. The molecule has 0 saturated carbocycles. The van der Waals surface area contributed by atoms with Crippen LogP contribution in [-0.4, -0.2) is 47.4 Å². The summed E-state index contributed by atoms with van der Waals surface area (Å²) in [7, 11) is 0. The average molecular weight is 1300 g/mol. The number of unbranched alkanes of at least 4 members (excludes halogenated alkanes) is 66. The predicted molar refractivity (Wildman–Crippen MR) is 407 cm³/mol. The van der Waals surface area contributed by atoms with E-state index in [4.69, 9.17) is 4.74 Å². The molecule has 0 heterocycles. The van der Waals surface area contributed by atoms with Gasteiger partial charge < -0.3 is 20.3 Å². The molecule has 2 atom stereocenters. The number of esters is 1. The number of amides is 1. The van der Waals surface area contributed by atoms with E-state index in [0.29, 0.717) is 25.9 Å². The Balaban J connectivity index is 3.33. The Morgan fingerprint density at radius 1 is 0.293 bits per heavy atom. The van der Waals surface area contributed by atoms with Crippen molar-refractivity contribution in [1.82, 2.24) is 5.32 Å². The molecule has 0 fully saturated rings. The number of aliphatic hydroxyl groups is 2. The van der Waals surface area contributed by atoms with Gasteiger partial charge in [-0.15, -0.1) is 0 Å². The van der Waals surface area contributed by atoms with Gasteiger partial charge in [0.1, 0.15) is 0 Å².